The molecule has 0 saturated carbocycles. The molecule has 0 bridgehead atoms. The van der Waals surface area contributed by atoms with Crippen molar-refractivity contribution in [2.75, 3.05) is 24.6 Å². The number of anilines is 1. The smallest absolute Gasteiger partial charge is 0.163 e. The van der Waals surface area contributed by atoms with Gasteiger partial charge in [0.2, 0.25) is 0 Å². The summed E-state index contributed by atoms with van der Waals surface area (Å²) in [6.07, 6.45) is 4.15. The van der Waals surface area contributed by atoms with Gasteiger partial charge in [-0.1, -0.05) is 30.3 Å². The second-order valence-corrected chi connectivity index (χ2v) is 6.10. The van der Waals surface area contributed by atoms with Crippen molar-refractivity contribution in [3.63, 3.8) is 0 Å². The predicted molar refractivity (Wildman–Crippen MR) is 93.2 cm³/mol. The summed E-state index contributed by atoms with van der Waals surface area (Å²) in [6, 6.07) is 12.2. The molecule has 0 N–H and O–H groups in total. The van der Waals surface area contributed by atoms with E-state index in [0.29, 0.717) is 13.2 Å². The fourth-order valence-electron chi connectivity index (χ4n) is 3.03. The molecule has 2 aromatic heterocycles. The molecule has 25 heavy (non-hydrogen) atoms. The zero-order chi connectivity index (χ0) is 17.1. The molecule has 7 heteroatoms. The van der Waals surface area contributed by atoms with Crippen LogP contribution in [0.5, 0.6) is 0 Å². The minimum absolute atomic E-state index is 0.103. The lowest BCUT2D eigenvalue weighted by atomic mass is 10.1. The molecule has 1 fully saturated rings. The van der Waals surface area contributed by atoms with Gasteiger partial charge in [0.25, 0.3) is 0 Å². The zero-order valence-corrected chi connectivity index (χ0v) is 14.1. The van der Waals surface area contributed by atoms with Crippen LogP contribution < -0.4 is 4.90 Å². The van der Waals surface area contributed by atoms with Crippen molar-refractivity contribution in [3.05, 3.63) is 66.1 Å². The Labute approximate surface area is 146 Å². The van der Waals surface area contributed by atoms with E-state index in [2.05, 4.69) is 32.2 Å². The molecule has 0 spiro atoms. The van der Waals surface area contributed by atoms with Crippen LogP contribution in [0.3, 0.4) is 0 Å². The van der Waals surface area contributed by atoms with E-state index in [1.807, 2.05) is 42.1 Å². The van der Waals surface area contributed by atoms with Crippen LogP contribution in [-0.4, -0.2) is 44.4 Å². The Morgan fingerprint density at radius 1 is 1.20 bits per heavy atom. The molecule has 1 aliphatic rings. The summed E-state index contributed by atoms with van der Waals surface area (Å²) >= 11 is 0. The Kier molecular flexibility index (Phi) is 4.39. The number of morpholine rings is 1. The van der Waals surface area contributed by atoms with Crippen LogP contribution in [0.25, 0.3) is 0 Å². The molecule has 0 aliphatic carbocycles. The third-order valence-electron chi connectivity index (χ3n) is 4.32. The summed E-state index contributed by atoms with van der Waals surface area (Å²) in [6.45, 7) is 2.14. The quantitative estimate of drug-likeness (QED) is 0.723. The highest BCUT2D eigenvalue weighted by Crippen LogP contribution is 2.23. The Bertz CT molecular complexity index is 834. The van der Waals surface area contributed by atoms with Crippen molar-refractivity contribution in [2.45, 2.75) is 12.5 Å². The van der Waals surface area contributed by atoms with E-state index in [-0.39, 0.29) is 6.10 Å². The van der Waals surface area contributed by atoms with Crippen LogP contribution in [0.2, 0.25) is 0 Å². The molecule has 1 aliphatic heterocycles. The average molecular weight is 336 g/mol. The molecule has 1 atom stereocenters. The molecule has 1 aromatic carbocycles. The van der Waals surface area contributed by atoms with Gasteiger partial charge < -0.3 is 14.2 Å². The Morgan fingerprint density at radius 3 is 2.88 bits per heavy atom. The molecular formula is C18H20N6O. The second kappa shape index (κ2) is 6.98. The highest BCUT2D eigenvalue weighted by atomic mass is 16.5. The van der Waals surface area contributed by atoms with Crippen molar-refractivity contribution in [1.82, 2.24) is 24.7 Å². The van der Waals surface area contributed by atoms with Gasteiger partial charge in [-0.25, -0.2) is 9.97 Å². The first-order chi connectivity index (χ1) is 12.3. The first kappa shape index (κ1) is 15.7. The summed E-state index contributed by atoms with van der Waals surface area (Å²) in [5, 5.41) is 8.11. The normalized spacial score (nSPS) is 17.6. The van der Waals surface area contributed by atoms with Crippen molar-refractivity contribution >= 4 is 5.82 Å². The summed E-state index contributed by atoms with van der Waals surface area (Å²) in [5.74, 6) is 2.59. The van der Waals surface area contributed by atoms with Gasteiger partial charge in [0.15, 0.2) is 5.82 Å². The van der Waals surface area contributed by atoms with Crippen molar-refractivity contribution in [3.8, 4) is 0 Å². The van der Waals surface area contributed by atoms with Crippen LogP contribution in [0, 0.1) is 0 Å². The van der Waals surface area contributed by atoms with E-state index < -0.39 is 0 Å². The molecule has 4 rings (SSSR count). The highest BCUT2D eigenvalue weighted by molar-refractivity contribution is 5.39. The maximum Gasteiger partial charge on any atom is 0.163 e. The van der Waals surface area contributed by atoms with Gasteiger partial charge in [0.1, 0.15) is 24.1 Å². The van der Waals surface area contributed by atoms with Gasteiger partial charge in [-0.05, 0) is 11.6 Å². The third-order valence-corrected chi connectivity index (χ3v) is 4.32. The van der Waals surface area contributed by atoms with E-state index in [1.165, 1.54) is 5.56 Å². The van der Waals surface area contributed by atoms with Crippen LogP contribution in [0.4, 0.5) is 5.82 Å². The van der Waals surface area contributed by atoms with Crippen LogP contribution >= 0.6 is 0 Å². The fraction of sp³-hybridized carbons (Fsp3) is 0.333. The SMILES string of the molecule is Cn1cnnc1C1CN(c2ccnc(Cc3ccccc3)n2)CCO1. The lowest BCUT2D eigenvalue weighted by molar-refractivity contribution is 0.0318. The lowest BCUT2D eigenvalue weighted by Gasteiger charge is -2.33. The van der Waals surface area contributed by atoms with E-state index in [9.17, 15) is 0 Å². The highest BCUT2D eigenvalue weighted by Gasteiger charge is 2.26. The largest absolute Gasteiger partial charge is 0.366 e. The molecule has 1 unspecified atom stereocenters. The van der Waals surface area contributed by atoms with Gasteiger partial charge in [0, 0.05) is 26.2 Å². The van der Waals surface area contributed by atoms with Gasteiger partial charge >= 0.3 is 0 Å². The predicted octanol–water partition coefficient (Wildman–Crippen LogP) is 1.77. The monoisotopic (exact) mass is 336 g/mol. The van der Waals surface area contributed by atoms with Gasteiger partial charge in [-0.15, -0.1) is 10.2 Å². The summed E-state index contributed by atoms with van der Waals surface area (Å²) in [4.78, 5) is 11.4. The number of hydrogen-bond acceptors (Lipinski definition) is 6. The lowest BCUT2D eigenvalue weighted by Crippen LogP contribution is -2.39. The molecule has 7 nitrogen and oxygen atoms in total. The van der Waals surface area contributed by atoms with E-state index in [0.717, 1.165) is 30.4 Å². The first-order valence-electron chi connectivity index (χ1n) is 8.36. The van der Waals surface area contributed by atoms with Crippen molar-refractivity contribution in [2.24, 2.45) is 7.05 Å². The number of hydrogen-bond donors (Lipinski definition) is 0. The summed E-state index contributed by atoms with van der Waals surface area (Å²) < 4.78 is 7.77. The van der Waals surface area contributed by atoms with Crippen molar-refractivity contribution < 1.29 is 4.74 Å². The number of nitrogens with zero attached hydrogens (tertiary/aromatic N) is 6. The minimum atomic E-state index is -0.103. The summed E-state index contributed by atoms with van der Waals surface area (Å²) in [7, 11) is 1.93. The summed E-state index contributed by atoms with van der Waals surface area (Å²) in [5.41, 5.74) is 1.21. The second-order valence-electron chi connectivity index (χ2n) is 6.10. The molecular weight excluding hydrogens is 316 g/mol. The van der Waals surface area contributed by atoms with Crippen molar-refractivity contribution in [1.29, 1.82) is 0 Å². The number of aryl methyl sites for hydroxylation is 1. The maximum atomic E-state index is 5.87. The minimum Gasteiger partial charge on any atom is -0.366 e. The molecule has 0 radical (unpaired) electrons. The Hall–Kier alpha value is -2.80. The average Bonchev–Trinajstić information content (AvgIpc) is 3.09. The Balaban J connectivity index is 1.51. The maximum absolute atomic E-state index is 5.87. The first-order valence-corrected chi connectivity index (χ1v) is 8.36. The van der Waals surface area contributed by atoms with Gasteiger partial charge in [0.05, 0.1) is 13.2 Å². The fourth-order valence-corrected chi connectivity index (χ4v) is 3.03. The van der Waals surface area contributed by atoms with E-state index in [4.69, 9.17) is 9.72 Å². The molecule has 3 heterocycles. The van der Waals surface area contributed by atoms with Gasteiger partial charge in [-0.2, -0.15) is 0 Å². The van der Waals surface area contributed by atoms with Crippen LogP contribution in [0.15, 0.2) is 48.9 Å². The Morgan fingerprint density at radius 2 is 2.08 bits per heavy atom. The zero-order valence-electron chi connectivity index (χ0n) is 14.1. The van der Waals surface area contributed by atoms with E-state index >= 15 is 0 Å². The number of ether oxygens (including phenoxy) is 1. The number of rotatable bonds is 4. The molecule has 0 amide bonds. The van der Waals surface area contributed by atoms with Gasteiger partial charge in [-0.3, -0.25) is 0 Å². The van der Waals surface area contributed by atoms with Crippen LogP contribution in [0.1, 0.15) is 23.3 Å². The standard InChI is InChI=1S/C18H20N6O/c1-23-13-20-22-18(23)15-12-24(9-10-25-15)17-7-8-19-16(21-17)11-14-5-3-2-4-6-14/h2-8,13,15H,9-12H2,1H3. The van der Waals surface area contributed by atoms with E-state index in [1.54, 1.807) is 6.33 Å². The number of benzene rings is 1. The molecule has 3 aromatic rings. The third kappa shape index (κ3) is 3.51. The molecule has 1 saturated heterocycles. The number of aromatic nitrogens is 5. The molecule has 128 valence electrons. The topological polar surface area (TPSA) is 69.0 Å². The van der Waals surface area contributed by atoms with Crippen LogP contribution in [-0.2, 0) is 18.2 Å².